The van der Waals surface area contributed by atoms with E-state index in [-0.39, 0.29) is 0 Å². The minimum atomic E-state index is -2.25. The standard InChI is InChI=1S/C21H22SSi/c1-16-4-10-19(11-5-16)23(22,20-12-6-17(2)7-13-20)21-14-8-18(3)9-15-21/h4-15,22H,1-3H3. The molecule has 0 N–H and O–H groups in total. The van der Waals surface area contributed by atoms with E-state index in [1.54, 1.807) is 0 Å². The van der Waals surface area contributed by atoms with Crippen LogP contribution in [0.3, 0.4) is 0 Å². The second-order valence-corrected chi connectivity index (χ2v) is 11.5. The van der Waals surface area contributed by atoms with Gasteiger partial charge < -0.3 is 0 Å². The molecule has 0 aliphatic carbocycles. The second kappa shape index (κ2) is 6.38. The molecule has 0 bridgehead atoms. The van der Waals surface area contributed by atoms with Crippen LogP contribution in [0.25, 0.3) is 0 Å². The molecule has 0 unspecified atom stereocenters. The molecule has 0 nitrogen and oxygen atoms in total. The van der Waals surface area contributed by atoms with Gasteiger partial charge in [0.1, 0.15) is 0 Å². The Kier molecular flexibility index (Phi) is 4.47. The minimum absolute atomic E-state index is 1.28. The molecule has 23 heavy (non-hydrogen) atoms. The van der Waals surface area contributed by atoms with Gasteiger partial charge in [0, 0.05) is 0 Å². The summed E-state index contributed by atoms with van der Waals surface area (Å²) >= 11 is 5.33. The highest BCUT2D eigenvalue weighted by Crippen LogP contribution is 2.13. The van der Waals surface area contributed by atoms with Crippen molar-refractivity contribution in [3.05, 3.63) is 89.5 Å². The fraction of sp³-hybridized carbons (Fsp3) is 0.143. The average Bonchev–Trinajstić information content (AvgIpc) is 2.56. The Bertz CT molecular complexity index is 676. The highest BCUT2D eigenvalue weighted by atomic mass is 32.3. The van der Waals surface area contributed by atoms with E-state index in [1.807, 2.05) is 0 Å². The van der Waals surface area contributed by atoms with Gasteiger partial charge in [-0.25, -0.2) is 0 Å². The molecule has 0 heterocycles. The molecule has 3 rings (SSSR count). The maximum absolute atomic E-state index is 5.33. The van der Waals surface area contributed by atoms with Crippen LogP contribution in [0, 0.1) is 20.8 Å². The van der Waals surface area contributed by atoms with Crippen molar-refractivity contribution in [1.82, 2.24) is 0 Å². The molecule has 0 saturated heterocycles. The third-order valence-corrected chi connectivity index (χ3v) is 10.2. The maximum Gasteiger partial charge on any atom is 0.206 e. The molecule has 116 valence electrons. The largest absolute Gasteiger partial charge is 0.206 e. The number of hydrogen-bond acceptors (Lipinski definition) is 1. The number of benzene rings is 3. The van der Waals surface area contributed by atoms with E-state index in [0.717, 1.165) is 0 Å². The van der Waals surface area contributed by atoms with Crippen molar-refractivity contribution in [1.29, 1.82) is 0 Å². The second-order valence-electron chi connectivity index (χ2n) is 6.31. The van der Waals surface area contributed by atoms with E-state index in [4.69, 9.17) is 12.1 Å². The summed E-state index contributed by atoms with van der Waals surface area (Å²) in [5, 5.41) is 4.00. The summed E-state index contributed by atoms with van der Waals surface area (Å²) in [6.45, 7) is 6.38. The van der Waals surface area contributed by atoms with E-state index < -0.39 is 7.22 Å². The van der Waals surface area contributed by atoms with Crippen LogP contribution >= 0.6 is 12.1 Å². The molecule has 0 spiro atoms. The Hall–Kier alpha value is -1.77. The first kappa shape index (κ1) is 16.1. The molecule has 0 saturated carbocycles. The van der Waals surface area contributed by atoms with Gasteiger partial charge in [0.2, 0.25) is 7.22 Å². The first-order chi connectivity index (χ1) is 11.0. The van der Waals surface area contributed by atoms with Crippen LogP contribution in [-0.2, 0) is 0 Å². The van der Waals surface area contributed by atoms with E-state index >= 15 is 0 Å². The maximum atomic E-state index is 5.33. The smallest absolute Gasteiger partial charge is 0.187 e. The molecule has 2 heteroatoms. The summed E-state index contributed by atoms with van der Waals surface area (Å²) in [5.74, 6) is 0. The van der Waals surface area contributed by atoms with Crippen LogP contribution in [-0.4, -0.2) is 7.22 Å². The van der Waals surface area contributed by atoms with Gasteiger partial charge in [-0.3, -0.25) is 0 Å². The van der Waals surface area contributed by atoms with Gasteiger partial charge in [-0.15, -0.1) is 0 Å². The Morgan fingerprint density at radius 3 is 0.913 bits per heavy atom. The lowest BCUT2D eigenvalue weighted by Crippen LogP contribution is -2.63. The van der Waals surface area contributed by atoms with Crippen molar-refractivity contribution in [2.75, 3.05) is 0 Å². The lowest BCUT2D eigenvalue weighted by atomic mass is 10.2. The molecular formula is C21H22SSi. The highest BCUT2D eigenvalue weighted by molar-refractivity contribution is 8.19. The Morgan fingerprint density at radius 2 is 0.696 bits per heavy atom. The molecule has 0 aromatic heterocycles. The lowest BCUT2D eigenvalue weighted by molar-refractivity contribution is 1.47. The van der Waals surface area contributed by atoms with Gasteiger partial charge in [0.25, 0.3) is 0 Å². The molecular weight excluding hydrogens is 312 g/mol. The van der Waals surface area contributed by atoms with Gasteiger partial charge in [-0.05, 0) is 36.3 Å². The van der Waals surface area contributed by atoms with Gasteiger partial charge in [0.15, 0.2) is 0 Å². The van der Waals surface area contributed by atoms with Gasteiger partial charge in [-0.1, -0.05) is 89.5 Å². The van der Waals surface area contributed by atoms with E-state index in [9.17, 15) is 0 Å². The van der Waals surface area contributed by atoms with E-state index in [1.165, 1.54) is 32.3 Å². The molecule has 3 aromatic rings. The third-order valence-electron chi connectivity index (χ3n) is 4.41. The predicted molar refractivity (Wildman–Crippen MR) is 107 cm³/mol. The Morgan fingerprint density at radius 1 is 0.478 bits per heavy atom. The van der Waals surface area contributed by atoms with Crippen LogP contribution in [0.2, 0.25) is 0 Å². The number of hydrogen-bond donors (Lipinski definition) is 1. The third kappa shape index (κ3) is 3.14. The molecule has 0 aliphatic rings. The van der Waals surface area contributed by atoms with Crippen molar-refractivity contribution < 1.29 is 0 Å². The summed E-state index contributed by atoms with van der Waals surface area (Å²) in [6.07, 6.45) is 0. The fourth-order valence-electron chi connectivity index (χ4n) is 2.88. The number of aryl methyl sites for hydroxylation is 3. The van der Waals surface area contributed by atoms with Crippen LogP contribution < -0.4 is 15.6 Å². The van der Waals surface area contributed by atoms with Crippen LogP contribution in [0.15, 0.2) is 72.8 Å². The fourth-order valence-corrected chi connectivity index (χ4v) is 7.17. The monoisotopic (exact) mass is 334 g/mol. The molecule has 0 fully saturated rings. The van der Waals surface area contributed by atoms with Crippen LogP contribution in [0.5, 0.6) is 0 Å². The first-order valence-corrected chi connectivity index (χ1v) is 11.2. The van der Waals surface area contributed by atoms with Crippen LogP contribution in [0.4, 0.5) is 0 Å². The Labute approximate surface area is 145 Å². The average molecular weight is 335 g/mol. The zero-order valence-electron chi connectivity index (χ0n) is 13.9. The molecule has 0 aliphatic heterocycles. The van der Waals surface area contributed by atoms with Crippen molar-refractivity contribution >= 4 is 34.9 Å². The first-order valence-electron chi connectivity index (χ1n) is 7.94. The normalized spacial score (nSPS) is 11.5. The van der Waals surface area contributed by atoms with Gasteiger partial charge in [0.05, 0.1) is 0 Å². The lowest BCUT2D eigenvalue weighted by Gasteiger charge is -2.28. The topological polar surface area (TPSA) is 0 Å². The predicted octanol–water partition coefficient (Wildman–Crippen LogP) is 3.51. The van der Waals surface area contributed by atoms with Gasteiger partial charge >= 0.3 is 0 Å². The van der Waals surface area contributed by atoms with E-state index in [0.29, 0.717) is 0 Å². The van der Waals surface area contributed by atoms with Crippen molar-refractivity contribution in [2.24, 2.45) is 0 Å². The summed E-state index contributed by atoms with van der Waals surface area (Å²) in [4.78, 5) is 0. The van der Waals surface area contributed by atoms with Crippen LogP contribution in [0.1, 0.15) is 16.7 Å². The SMILES string of the molecule is Cc1ccc([Si](S)(c2ccc(C)cc2)c2ccc(C)cc2)cc1. The van der Waals surface area contributed by atoms with E-state index in [2.05, 4.69) is 93.6 Å². The quantitative estimate of drug-likeness (QED) is 0.423. The molecule has 0 atom stereocenters. The Balaban J connectivity index is 2.21. The molecule has 0 radical (unpaired) electrons. The van der Waals surface area contributed by atoms with Crippen molar-refractivity contribution in [3.8, 4) is 0 Å². The molecule has 0 amide bonds. The summed E-state index contributed by atoms with van der Waals surface area (Å²) in [7, 11) is -2.25. The van der Waals surface area contributed by atoms with Crippen molar-refractivity contribution in [2.45, 2.75) is 20.8 Å². The summed E-state index contributed by atoms with van der Waals surface area (Å²) < 4.78 is 0. The number of thiol groups is 1. The zero-order valence-corrected chi connectivity index (χ0v) is 15.8. The molecule has 3 aromatic carbocycles. The minimum Gasteiger partial charge on any atom is -0.187 e. The van der Waals surface area contributed by atoms with Gasteiger partial charge in [-0.2, -0.15) is 12.1 Å². The zero-order chi connectivity index (χ0) is 16.4. The summed E-state index contributed by atoms with van der Waals surface area (Å²) in [6, 6.07) is 26.6. The highest BCUT2D eigenvalue weighted by Gasteiger charge is 2.35. The number of rotatable bonds is 3. The van der Waals surface area contributed by atoms with Crippen molar-refractivity contribution in [3.63, 3.8) is 0 Å². The summed E-state index contributed by atoms with van der Waals surface area (Å²) in [5.41, 5.74) is 3.85.